The molecule has 2 N–H and O–H groups in total. The molecule has 0 amide bonds. The Hall–Kier alpha value is -1.61. The molecule has 1 atom stereocenters. The largest absolute Gasteiger partial charge is 0.486 e. The normalized spacial score (nSPS) is 12.1. The molecule has 1 aromatic heterocycles. The molecule has 0 saturated carbocycles. The summed E-state index contributed by atoms with van der Waals surface area (Å²) in [7, 11) is 1.70. The molecule has 0 spiro atoms. The summed E-state index contributed by atoms with van der Waals surface area (Å²) < 4.78 is 19.2. The van der Waals surface area contributed by atoms with Gasteiger partial charge in [-0.15, -0.1) is 24.0 Å². The molecule has 0 radical (unpaired) electrons. The van der Waals surface area contributed by atoms with Crippen molar-refractivity contribution in [2.45, 2.75) is 19.4 Å². The van der Waals surface area contributed by atoms with Crippen molar-refractivity contribution >= 4 is 41.5 Å². The van der Waals surface area contributed by atoms with E-state index in [4.69, 9.17) is 16.3 Å². The first-order valence-electron chi connectivity index (χ1n) is 8.04. The fraction of sp³-hybridized carbons (Fsp3) is 0.333. The predicted octanol–water partition coefficient (Wildman–Crippen LogP) is 3.67. The van der Waals surface area contributed by atoms with E-state index >= 15 is 0 Å². The first-order chi connectivity index (χ1) is 12.1. The summed E-state index contributed by atoms with van der Waals surface area (Å²) in [6, 6.07) is 10.1. The Bertz CT molecular complexity index is 700. The third-order valence-corrected chi connectivity index (χ3v) is 3.66. The molecule has 8 heteroatoms. The van der Waals surface area contributed by atoms with Gasteiger partial charge in [0.25, 0.3) is 0 Å². The predicted molar refractivity (Wildman–Crippen MR) is 114 cm³/mol. The van der Waals surface area contributed by atoms with Crippen molar-refractivity contribution in [2.24, 2.45) is 4.99 Å². The van der Waals surface area contributed by atoms with Crippen LogP contribution in [0, 0.1) is 5.82 Å². The summed E-state index contributed by atoms with van der Waals surface area (Å²) in [4.78, 5) is 8.21. The zero-order chi connectivity index (χ0) is 18.1. The molecule has 26 heavy (non-hydrogen) atoms. The van der Waals surface area contributed by atoms with E-state index < -0.39 is 0 Å². The van der Waals surface area contributed by atoms with Gasteiger partial charge < -0.3 is 15.4 Å². The van der Waals surface area contributed by atoms with Gasteiger partial charge in [-0.3, -0.25) is 4.99 Å². The van der Waals surface area contributed by atoms with Crippen molar-refractivity contribution in [3.8, 4) is 5.75 Å². The van der Waals surface area contributed by atoms with E-state index in [9.17, 15) is 4.39 Å². The second-order valence-corrected chi connectivity index (χ2v) is 5.87. The lowest BCUT2D eigenvalue weighted by Crippen LogP contribution is -2.42. The minimum atomic E-state index is -0.367. The Morgan fingerprint density at radius 2 is 2.04 bits per heavy atom. The van der Waals surface area contributed by atoms with Crippen molar-refractivity contribution in [1.82, 2.24) is 15.6 Å². The minimum absolute atomic E-state index is 0. The highest BCUT2D eigenvalue weighted by Crippen LogP contribution is 2.16. The van der Waals surface area contributed by atoms with Crippen LogP contribution in [-0.4, -0.2) is 37.2 Å². The third-order valence-electron chi connectivity index (χ3n) is 3.44. The molecule has 1 aromatic carbocycles. The fourth-order valence-corrected chi connectivity index (χ4v) is 2.25. The van der Waals surface area contributed by atoms with Crippen molar-refractivity contribution < 1.29 is 9.13 Å². The van der Waals surface area contributed by atoms with Gasteiger partial charge in [0.2, 0.25) is 0 Å². The van der Waals surface area contributed by atoms with Gasteiger partial charge in [-0.05, 0) is 37.1 Å². The van der Waals surface area contributed by atoms with Crippen molar-refractivity contribution in [2.75, 3.05) is 20.1 Å². The van der Waals surface area contributed by atoms with Crippen LogP contribution < -0.4 is 15.4 Å². The lowest BCUT2D eigenvalue weighted by atomic mass is 10.2. The van der Waals surface area contributed by atoms with Gasteiger partial charge in [0.05, 0.1) is 6.54 Å². The maximum absolute atomic E-state index is 13.6. The molecule has 142 valence electrons. The first-order valence-corrected chi connectivity index (χ1v) is 8.42. The van der Waals surface area contributed by atoms with Gasteiger partial charge in [-0.2, -0.15) is 0 Å². The Kier molecular flexibility index (Phi) is 10.3. The second kappa shape index (κ2) is 11.9. The molecule has 2 aromatic rings. The SMILES string of the molecule is CN=C(NCCc1ccc(Cl)nc1)NCC(C)Oc1ccccc1F.I. The minimum Gasteiger partial charge on any atom is -0.486 e. The molecule has 0 saturated heterocycles. The van der Waals surface area contributed by atoms with Crippen LogP contribution >= 0.6 is 35.6 Å². The van der Waals surface area contributed by atoms with E-state index in [1.54, 1.807) is 37.5 Å². The number of hydrogen-bond donors (Lipinski definition) is 2. The molecule has 1 unspecified atom stereocenters. The molecule has 5 nitrogen and oxygen atoms in total. The number of nitrogens with zero attached hydrogens (tertiary/aromatic N) is 2. The molecular weight excluding hydrogens is 470 g/mol. The Morgan fingerprint density at radius 1 is 1.27 bits per heavy atom. The van der Waals surface area contributed by atoms with Gasteiger partial charge >= 0.3 is 0 Å². The Labute approximate surface area is 175 Å². The Morgan fingerprint density at radius 3 is 2.69 bits per heavy atom. The summed E-state index contributed by atoms with van der Waals surface area (Å²) in [6.07, 6.45) is 2.34. The summed E-state index contributed by atoms with van der Waals surface area (Å²) >= 11 is 5.77. The monoisotopic (exact) mass is 492 g/mol. The zero-order valence-electron chi connectivity index (χ0n) is 14.7. The highest BCUT2D eigenvalue weighted by molar-refractivity contribution is 14.0. The van der Waals surface area contributed by atoms with Gasteiger partial charge in [-0.1, -0.05) is 29.8 Å². The average molecular weight is 493 g/mol. The van der Waals surface area contributed by atoms with Gasteiger partial charge in [0.1, 0.15) is 11.3 Å². The van der Waals surface area contributed by atoms with Crippen molar-refractivity contribution in [3.05, 3.63) is 59.1 Å². The number of aromatic nitrogens is 1. The van der Waals surface area contributed by atoms with Crippen LogP contribution in [0.25, 0.3) is 0 Å². The number of pyridine rings is 1. The number of hydrogen-bond acceptors (Lipinski definition) is 3. The number of halogens is 3. The first kappa shape index (κ1) is 22.4. The molecular formula is C18H23ClFIN4O. The summed E-state index contributed by atoms with van der Waals surface area (Å²) in [5, 5.41) is 6.85. The van der Waals surface area contributed by atoms with Crippen molar-refractivity contribution in [1.29, 1.82) is 0 Å². The van der Waals surface area contributed by atoms with E-state index in [1.165, 1.54) is 6.07 Å². The van der Waals surface area contributed by atoms with E-state index in [0.717, 1.165) is 12.0 Å². The van der Waals surface area contributed by atoms with Gasteiger partial charge in [-0.25, -0.2) is 9.37 Å². The summed E-state index contributed by atoms with van der Waals surface area (Å²) in [5.41, 5.74) is 1.09. The highest BCUT2D eigenvalue weighted by Gasteiger charge is 2.08. The van der Waals surface area contributed by atoms with Crippen LogP contribution in [0.4, 0.5) is 4.39 Å². The Balaban J connectivity index is 0.00000338. The van der Waals surface area contributed by atoms with Crippen LogP contribution in [0.3, 0.4) is 0 Å². The van der Waals surface area contributed by atoms with Gasteiger partial charge in [0, 0.05) is 19.8 Å². The van der Waals surface area contributed by atoms with Crippen molar-refractivity contribution in [3.63, 3.8) is 0 Å². The molecule has 0 aliphatic carbocycles. The summed E-state index contributed by atoms with van der Waals surface area (Å²) in [5.74, 6) is 0.536. The standard InChI is InChI=1S/C18H22ClFN4O.HI/c1-13(25-16-6-4-3-5-15(16)20)11-24-18(21-2)22-10-9-14-7-8-17(19)23-12-14;/h3-8,12-13H,9-11H2,1-2H3,(H2,21,22,24);1H. The molecule has 0 fully saturated rings. The number of rotatable bonds is 7. The molecule has 1 heterocycles. The quantitative estimate of drug-likeness (QED) is 0.268. The van der Waals surface area contributed by atoms with E-state index in [-0.39, 0.29) is 41.6 Å². The molecule has 0 aliphatic rings. The average Bonchev–Trinajstić information content (AvgIpc) is 2.61. The van der Waals surface area contributed by atoms with E-state index in [2.05, 4.69) is 20.6 Å². The molecule has 0 bridgehead atoms. The summed E-state index contributed by atoms with van der Waals surface area (Å²) in [6.45, 7) is 3.06. The van der Waals surface area contributed by atoms with Crippen LogP contribution in [0.15, 0.2) is 47.6 Å². The molecule has 0 aliphatic heterocycles. The number of benzene rings is 1. The lowest BCUT2D eigenvalue weighted by Gasteiger charge is -2.18. The maximum Gasteiger partial charge on any atom is 0.191 e. The zero-order valence-corrected chi connectivity index (χ0v) is 17.8. The van der Waals surface area contributed by atoms with Crippen LogP contribution in [0.2, 0.25) is 5.15 Å². The van der Waals surface area contributed by atoms with Gasteiger partial charge in [0.15, 0.2) is 17.5 Å². The van der Waals surface area contributed by atoms with E-state index in [1.807, 2.05) is 13.0 Å². The topological polar surface area (TPSA) is 58.5 Å². The third kappa shape index (κ3) is 7.74. The fourth-order valence-electron chi connectivity index (χ4n) is 2.14. The number of para-hydroxylation sites is 1. The number of nitrogens with one attached hydrogen (secondary N) is 2. The number of aliphatic imine (C=N–C) groups is 1. The van der Waals surface area contributed by atoms with Crippen LogP contribution in [-0.2, 0) is 6.42 Å². The smallest absolute Gasteiger partial charge is 0.191 e. The molecule has 2 rings (SSSR count). The van der Waals surface area contributed by atoms with Crippen LogP contribution in [0.5, 0.6) is 5.75 Å². The number of guanidine groups is 1. The second-order valence-electron chi connectivity index (χ2n) is 5.48. The van der Waals surface area contributed by atoms with Crippen LogP contribution in [0.1, 0.15) is 12.5 Å². The maximum atomic E-state index is 13.6. The highest BCUT2D eigenvalue weighted by atomic mass is 127. The lowest BCUT2D eigenvalue weighted by molar-refractivity contribution is 0.214. The number of ether oxygens (including phenoxy) is 1. The van der Waals surface area contributed by atoms with E-state index in [0.29, 0.717) is 24.2 Å².